The molecule has 6 heteroatoms. The third-order valence-corrected chi connectivity index (χ3v) is 5.82. The molecule has 0 radical (unpaired) electrons. The van der Waals surface area contributed by atoms with Crippen molar-refractivity contribution in [3.63, 3.8) is 0 Å². The van der Waals surface area contributed by atoms with Crippen LogP contribution in [0.3, 0.4) is 0 Å². The number of carbonyl (C=O) groups excluding carboxylic acids is 1. The lowest BCUT2D eigenvalue weighted by atomic mass is 9.82. The summed E-state index contributed by atoms with van der Waals surface area (Å²) in [5.41, 5.74) is 0.904. The standard InChI is InChI=1S/C25H31FO5/c1-15(27)7-5-8-17-11-12-20(14-21(17)18-9-6-10-19(26)13-18)30-24-23(29)22(28)16(2)25(3,4)31-24/h6,9-14,16,22-24,28-29H,5,7-8H2,1-4H3/t16-,22-,23-,24-/m1/s1/i5D2. The number of halogens is 1. The number of aliphatic hydroxyl groups excluding tert-OH is 2. The number of Topliss-reactive ketones (excluding diaryl/α,β-unsaturated/α-hetero) is 1. The summed E-state index contributed by atoms with van der Waals surface area (Å²) in [4.78, 5) is 11.5. The first-order chi connectivity index (χ1) is 15.3. The monoisotopic (exact) mass is 432 g/mol. The van der Waals surface area contributed by atoms with Crippen LogP contribution in [0.4, 0.5) is 4.39 Å². The number of hydrogen-bond acceptors (Lipinski definition) is 5. The largest absolute Gasteiger partial charge is 0.462 e. The van der Waals surface area contributed by atoms with Crippen molar-refractivity contribution in [2.24, 2.45) is 5.92 Å². The predicted octanol–water partition coefficient (Wildman–Crippen LogP) is 4.28. The van der Waals surface area contributed by atoms with Crippen molar-refractivity contribution in [3.05, 3.63) is 53.8 Å². The third-order valence-electron chi connectivity index (χ3n) is 5.82. The first-order valence-electron chi connectivity index (χ1n) is 11.4. The number of aliphatic hydroxyl groups is 2. The molecule has 5 nitrogen and oxygen atoms in total. The van der Waals surface area contributed by atoms with E-state index in [9.17, 15) is 19.4 Å². The van der Waals surface area contributed by atoms with Crippen LogP contribution in [0.15, 0.2) is 42.5 Å². The number of ether oxygens (including phenoxy) is 2. The minimum absolute atomic E-state index is 0.0511. The fourth-order valence-corrected chi connectivity index (χ4v) is 3.65. The number of carbonyl (C=O) groups is 1. The summed E-state index contributed by atoms with van der Waals surface area (Å²) in [7, 11) is 0. The molecule has 3 rings (SSSR count). The Morgan fingerprint density at radius 1 is 1.23 bits per heavy atom. The van der Waals surface area contributed by atoms with Crippen molar-refractivity contribution in [2.45, 2.75) is 71.0 Å². The number of benzene rings is 2. The summed E-state index contributed by atoms with van der Waals surface area (Å²) in [5.74, 6) is -0.708. The molecule has 31 heavy (non-hydrogen) atoms. The second kappa shape index (κ2) is 9.47. The van der Waals surface area contributed by atoms with Crippen LogP contribution in [0, 0.1) is 11.7 Å². The fourth-order valence-electron chi connectivity index (χ4n) is 3.65. The summed E-state index contributed by atoms with van der Waals surface area (Å²) >= 11 is 0. The Kier molecular flexibility index (Phi) is 6.30. The Morgan fingerprint density at radius 2 is 1.97 bits per heavy atom. The highest BCUT2D eigenvalue weighted by Gasteiger charge is 2.47. The van der Waals surface area contributed by atoms with Gasteiger partial charge in [-0.15, -0.1) is 0 Å². The number of hydrogen-bond donors (Lipinski definition) is 2. The maximum absolute atomic E-state index is 14.0. The van der Waals surface area contributed by atoms with E-state index in [0.29, 0.717) is 22.4 Å². The minimum Gasteiger partial charge on any atom is -0.462 e. The predicted molar refractivity (Wildman–Crippen MR) is 116 cm³/mol. The van der Waals surface area contributed by atoms with Crippen molar-refractivity contribution >= 4 is 5.78 Å². The molecule has 1 fully saturated rings. The van der Waals surface area contributed by atoms with Crippen LogP contribution in [0.25, 0.3) is 11.1 Å². The minimum atomic E-state index is -1.77. The molecule has 2 N–H and O–H groups in total. The van der Waals surface area contributed by atoms with Gasteiger partial charge in [0.25, 0.3) is 0 Å². The van der Waals surface area contributed by atoms with Crippen LogP contribution in [-0.4, -0.2) is 40.1 Å². The van der Waals surface area contributed by atoms with E-state index < -0.39 is 36.3 Å². The summed E-state index contributed by atoms with van der Waals surface area (Å²) in [6, 6.07) is 10.8. The Balaban J connectivity index is 1.96. The van der Waals surface area contributed by atoms with E-state index in [4.69, 9.17) is 12.2 Å². The van der Waals surface area contributed by atoms with E-state index in [-0.39, 0.29) is 24.5 Å². The van der Waals surface area contributed by atoms with Crippen LogP contribution in [0.1, 0.15) is 48.8 Å². The Hall–Kier alpha value is -2.28. The molecule has 0 spiro atoms. The number of rotatable bonds is 7. The van der Waals surface area contributed by atoms with Gasteiger partial charge in [0.1, 0.15) is 23.5 Å². The fraction of sp³-hybridized carbons (Fsp3) is 0.480. The maximum atomic E-state index is 14.0. The van der Waals surface area contributed by atoms with E-state index in [1.165, 1.54) is 19.1 Å². The smallest absolute Gasteiger partial charge is 0.229 e. The lowest BCUT2D eigenvalue weighted by molar-refractivity contribution is -0.284. The van der Waals surface area contributed by atoms with Crippen LogP contribution in [0.2, 0.25) is 0 Å². The first kappa shape index (κ1) is 20.6. The molecule has 2 aromatic carbocycles. The van der Waals surface area contributed by atoms with Crippen molar-refractivity contribution in [1.29, 1.82) is 0 Å². The molecule has 1 aliphatic rings. The van der Waals surface area contributed by atoms with E-state index in [2.05, 4.69) is 0 Å². The lowest BCUT2D eigenvalue weighted by Gasteiger charge is -2.46. The van der Waals surface area contributed by atoms with Gasteiger partial charge >= 0.3 is 0 Å². The summed E-state index contributed by atoms with van der Waals surface area (Å²) < 4.78 is 42.2. The second-order valence-electron chi connectivity index (χ2n) is 8.61. The Labute approximate surface area is 185 Å². The number of ketones is 1. The van der Waals surface area contributed by atoms with Crippen LogP contribution >= 0.6 is 0 Å². The molecule has 0 bridgehead atoms. The summed E-state index contributed by atoms with van der Waals surface area (Å²) in [6.07, 6.45) is -5.49. The molecule has 0 unspecified atom stereocenters. The SMILES string of the molecule is [2H]C([2H])(CC(C)=O)Cc1ccc(O[C@@H]2OC(C)(C)[C@H](C)[C@@H](O)[C@H]2O)cc1-c1cccc(F)c1. The molecule has 0 aromatic heterocycles. The van der Waals surface area contributed by atoms with E-state index in [1.807, 2.05) is 13.8 Å². The molecule has 1 aliphatic heterocycles. The number of aryl methyl sites for hydroxylation is 1. The van der Waals surface area contributed by atoms with Gasteiger partial charge in [0, 0.05) is 15.1 Å². The highest BCUT2D eigenvalue weighted by Crippen LogP contribution is 2.36. The van der Waals surface area contributed by atoms with Gasteiger partial charge in [0.2, 0.25) is 6.29 Å². The van der Waals surface area contributed by atoms with Crippen LogP contribution < -0.4 is 4.74 Å². The molecule has 1 heterocycles. The van der Waals surface area contributed by atoms with E-state index in [0.717, 1.165) is 0 Å². The van der Waals surface area contributed by atoms with E-state index in [1.54, 1.807) is 37.3 Å². The van der Waals surface area contributed by atoms with E-state index >= 15 is 0 Å². The second-order valence-corrected chi connectivity index (χ2v) is 8.61. The topological polar surface area (TPSA) is 76.0 Å². The van der Waals surface area contributed by atoms with Gasteiger partial charge in [0.05, 0.1) is 11.7 Å². The molecule has 4 atom stereocenters. The molecule has 0 aliphatic carbocycles. The molecular weight excluding hydrogens is 399 g/mol. The first-order valence-corrected chi connectivity index (χ1v) is 10.4. The van der Waals surface area contributed by atoms with Crippen LogP contribution in [0.5, 0.6) is 5.75 Å². The average molecular weight is 433 g/mol. The molecule has 0 saturated carbocycles. The maximum Gasteiger partial charge on any atom is 0.229 e. The van der Waals surface area contributed by atoms with Gasteiger partial charge in [-0.25, -0.2) is 4.39 Å². The normalized spacial score (nSPS) is 26.7. The highest BCUT2D eigenvalue weighted by molar-refractivity contribution is 5.75. The molecule has 1 saturated heterocycles. The molecular formula is C25H31FO5. The zero-order valence-corrected chi connectivity index (χ0v) is 18.3. The lowest BCUT2D eigenvalue weighted by Crippen LogP contribution is -2.59. The summed E-state index contributed by atoms with van der Waals surface area (Å²) in [5, 5.41) is 20.9. The zero-order valence-electron chi connectivity index (χ0n) is 20.3. The van der Waals surface area contributed by atoms with Crippen molar-refractivity contribution < 1.29 is 31.6 Å². The Morgan fingerprint density at radius 3 is 2.65 bits per heavy atom. The van der Waals surface area contributed by atoms with Gasteiger partial charge in [-0.05, 0) is 74.5 Å². The molecule has 2 aromatic rings. The highest BCUT2D eigenvalue weighted by atomic mass is 19.1. The van der Waals surface area contributed by atoms with Gasteiger partial charge in [-0.3, -0.25) is 0 Å². The Bertz CT molecular complexity index is 1010. The van der Waals surface area contributed by atoms with Crippen LogP contribution in [-0.2, 0) is 16.0 Å². The quantitative estimate of drug-likeness (QED) is 0.683. The summed E-state index contributed by atoms with van der Waals surface area (Å²) in [6.45, 7) is 6.74. The van der Waals surface area contributed by atoms with Gasteiger partial charge in [-0.1, -0.05) is 25.1 Å². The van der Waals surface area contributed by atoms with Crippen molar-refractivity contribution in [1.82, 2.24) is 0 Å². The zero-order chi connectivity index (χ0) is 24.6. The molecule has 168 valence electrons. The molecule has 0 amide bonds. The van der Waals surface area contributed by atoms with Crippen molar-refractivity contribution in [2.75, 3.05) is 0 Å². The van der Waals surface area contributed by atoms with Gasteiger partial charge in [0.15, 0.2) is 0 Å². The average Bonchev–Trinajstić information content (AvgIpc) is 2.70. The van der Waals surface area contributed by atoms with Gasteiger partial charge in [-0.2, -0.15) is 0 Å². The van der Waals surface area contributed by atoms with Crippen molar-refractivity contribution in [3.8, 4) is 16.9 Å². The third kappa shape index (κ3) is 5.50. The van der Waals surface area contributed by atoms with Gasteiger partial charge < -0.3 is 24.5 Å².